The Hall–Kier alpha value is -1.11. The monoisotopic (exact) mass is 275 g/mol. The number of nitrogens with zero attached hydrogens (tertiary/aromatic N) is 1. The number of hydrogen-bond acceptors (Lipinski definition) is 2. The van der Waals surface area contributed by atoms with Crippen LogP contribution in [0.4, 0.5) is 22.0 Å². The van der Waals surface area contributed by atoms with Gasteiger partial charge in [0.2, 0.25) is 5.88 Å². The van der Waals surface area contributed by atoms with Crippen LogP contribution in [0.5, 0.6) is 5.88 Å². The maximum absolute atomic E-state index is 12.6. The molecule has 0 unspecified atom stereocenters. The molecule has 0 amide bonds. The van der Waals surface area contributed by atoms with E-state index in [1.807, 2.05) is 0 Å². The van der Waals surface area contributed by atoms with Crippen LogP contribution in [0.3, 0.4) is 0 Å². The first-order valence-corrected chi connectivity index (χ1v) is 4.83. The fourth-order valence-electron chi connectivity index (χ4n) is 1.27. The van der Waals surface area contributed by atoms with Crippen LogP contribution in [-0.2, 0) is 12.1 Å². The van der Waals surface area contributed by atoms with E-state index in [0.717, 1.165) is 7.11 Å². The minimum absolute atomic E-state index is 0.405. The van der Waals surface area contributed by atoms with Gasteiger partial charge in [-0.2, -0.15) is 13.2 Å². The predicted molar refractivity (Wildman–Crippen MR) is 50.3 cm³/mol. The molecule has 0 aliphatic carbocycles. The van der Waals surface area contributed by atoms with Crippen molar-refractivity contribution in [1.29, 1.82) is 0 Å². The molecule has 1 heterocycles. The molecule has 0 aliphatic heterocycles. The van der Waals surface area contributed by atoms with Crippen LogP contribution < -0.4 is 4.74 Å². The minimum Gasteiger partial charge on any atom is -0.481 e. The van der Waals surface area contributed by atoms with E-state index in [9.17, 15) is 22.0 Å². The first-order chi connectivity index (χ1) is 7.81. The summed E-state index contributed by atoms with van der Waals surface area (Å²) in [6.07, 6.45) is -8.22. The first kappa shape index (κ1) is 14.0. The normalized spacial score (nSPS) is 12.0. The molecule has 0 aliphatic rings. The molecule has 96 valence electrons. The van der Waals surface area contributed by atoms with Gasteiger partial charge in [0.1, 0.15) is 0 Å². The standard InChI is InChI=1S/C9H7ClF5NO/c1-17-6-2-4(9(13,14)15)7(8(11)12)5(3-10)16-6/h2,8H,3H2,1H3. The number of rotatable bonds is 3. The van der Waals surface area contributed by atoms with Crippen molar-refractivity contribution in [2.45, 2.75) is 18.5 Å². The third-order valence-electron chi connectivity index (χ3n) is 1.97. The van der Waals surface area contributed by atoms with Crippen LogP contribution in [0, 0.1) is 0 Å². The Labute approximate surface area is 98.4 Å². The molecule has 0 bridgehead atoms. The van der Waals surface area contributed by atoms with Crippen molar-refractivity contribution in [3.8, 4) is 5.88 Å². The van der Waals surface area contributed by atoms with E-state index < -0.39 is 41.2 Å². The topological polar surface area (TPSA) is 22.1 Å². The molecule has 1 aromatic rings. The Bertz CT molecular complexity index is 407. The van der Waals surface area contributed by atoms with Gasteiger partial charge in [-0.05, 0) is 0 Å². The van der Waals surface area contributed by atoms with Crippen molar-refractivity contribution in [1.82, 2.24) is 4.98 Å². The number of methoxy groups -OCH3 is 1. The Kier molecular flexibility index (Phi) is 4.13. The third kappa shape index (κ3) is 2.96. The maximum atomic E-state index is 12.6. The van der Waals surface area contributed by atoms with Gasteiger partial charge in [0.05, 0.1) is 29.8 Å². The lowest BCUT2D eigenvalue weighted by Gasteiger charge is -2.16. The highest BCUT2D eigenvalue weighted by atomic mass is 35.5. The third-order valence-corrected chi connectivity index (χ3v) is 2.23. The van der Waals surface area contributed by atoms with Gasteiger partial charge in [-0.25, -0.2) is 13.8 Å². The molecule has 0 saturated carbocycles. The number of alkyl halides is 6. The average molecular weight is 276 g/mol. The zero-order valence-corrected chi connectivity index (χ0v) is 9.24. The maximum Gasteiger partial charge on any atom is 0.417 e. The molecule has 0 saturated heterocycles. The van der Waals surface area contributed by atoms with Crippen LogP contribution >= 0.6 is 11.6 Å². The van der Waals surface area contributed by atoms with Gasteiger partial charge in [-0.15, -0.1) is 11.6 Å². The van der Waals surface area contributed by atoms with Crippen LogP contribution in [0.1, 0.15) is 23.2 Å². The highest BCUT2D eigenvalue weighted by molar-refractivity contribution is 6.17. The Morgan fingerprint density at radius 2 is 2.00 bits per heavy atom. The number of ether oxygens (including phenoxy) is 1. The van der Waals surface area contributed by atoms with E-state index in [2.05, 4.69) is 9.72 Å². The molecular formula is C9H7ClF5NO. The largest absolute Gasteiger partial charge is 0.481 e. The van der Waals surface area contributed by atoms with E-state index in [4.69, 9.17) is 11.6 Å². The van der Waals surface area contributed by atoms with Gasteiger partial charge >= 0.3 is 6.18 Å². The lowest BCUT2D eigenvalue weighted by molar-refractivity contribution is -0.139. The number of hydrogen-bond donors (Lipinski definition) is 0. The summed E-state index contributed by atoms with van der Waals surface area (Å²) in [6, 6.07) is 0.428. The molecule has 2 nitrogen and oxygen atoms in total. The summed E-state index contributed by atoms with van der Waals surface area (Å²) in [5.74, 6) is -0.961. The van der Waals surface area contributed by atoms with Gasteiger partial charge in [-0.1, -0.05) is 0 Å². The first-order valence-electron chi connectivity index (χ1n) is 4.30. The van der Waals surface area contributed by atoms with Crippen LogP contribution in [0.2, 0.25) is 0 Å². The fourth-order valence-corrected chi connectivity index (χ4v) is 1.47. The van der Waals surface area contributed by atoms with E-state index in [1.54, 1.807) is 0 Å². The summed E-state index contributed by atoms with van der Waals surface area (Å²) in [6.45, 7) is 0. The molecule has 1 rings (SSSR count). The Morgan fingerprint density at radius 3 is 2.35 bits per heavy atom. The molecule has 0 atom stereocenters. The lowest BCUT2D eigenvalue weighted by atomic mass is 10.1. The summed E-state index contributed by atoms with van der Waals surface area (Å²) in [4.78, 5) is 3.47. The van der Waals surface area contributed by atoms with Crippen molar-refractivity contribution in [2.24, 2.45) is 0 Å². The van der Waals surface area contributed by atoms with Crippen molar-refractivity contribution in [3.05, 3.63) is 22.9 Å². The second-order valence-electron chi connectivity index (χ2n) is 3.00. The fraction of sp³-hybridized carbons (Fsp3) is 0.444. The highest BCUT2D eigenvalue weighted by Gasteiger charge is 2.38. The molecule has 0 spiro atoms. The highest BCUT2D eigenvalue weighted by Crippen LogP contribution is 2.39. The smallest absolute Gasteiger partial charge is 0.417 e. The van der Waals surface area contributed by atoms with Crippen LogP contribution in [0.15, 0.2) is 6.07 Å². The number of pyridine rings is 1. The summed E-state index contributed by atoms with van der Waals surface area (Å²) in [5.41, 5.74) is -3.21. The zero-order valence-electron chi connectivity index (χ0n) is 8.49. The predicted octanol–water partition coefficient (Wildman–Crippen LogP) is 3.79. The van der Waals surface area contributed by atoms with Crippen molar-refractivity contribution in [2.75, 3.05) is 7.11 Å². The lowest BCUT2D eigenvalue weighted by Crippen LogP contribution is -2.13. The minimum atomic E-state index is -4.91. The molecule has 0 radical (unpaired) electrons. The molecule has 0 aromatic carbocycles. The second kappa shape index (κ2) is 5.03. The van der Waals surface area contributed by atoms with E-state index >= 15 is 0 Å². The van der Waals surface area contributed by atoms with Crippen molar-refractivity contribution >= 4 is 11.6 Å². The van der Waals surface area contributed by atoms with Crippen LogP contribution in [0.25, 0.3) is 0 Å². The van der Waals surface area contributed by atoms with Crippen molar-refractivity contribution < 1.29 is 26.7 Å². The quantitative estimate of drug-likeness (QED) is 0.618. The second-order valence-corrected chi connectivity index (χ2v) is 3.27. The zero-order chi connectivity index (χ0) is 13.2. The summed E-state index contributed by atoms with van der Waals surface area (Å²) >= 11 is 5.31. The van der Waals surface area contributed by atoms with E-state index in [0.29, 0.717) is 6.07 Å². The van der Waals surface area contributed by atoms with E-state index in [-0.39, 0.29) is 0 Å². The molecule has 0 N–H and O–H groups in total. The SMILES string of the molecule is COc1cc(C(F)(F)F)c(C(F)F)c(CCl)n1. The van der Waals surface area contributed by atoms with Gasteiger partial charge in [0.25, 0.3) is 6.43 Å². The summed E-state index contributed by atoms with van der Waals surface area (Å²) in [7, 11) is 1.09. The molecule has 8 heteroatoms. The van der Waals surface area contributed by atoms with Gasteiger partial charge in [0.15, 0.2) is 0 Å². The average Bonchev–Trinajstić information content (AvgIpc) is 2.25. The van der Waals surface area contributed by atoms with E-state index in [1.165, 1.54) is 0 Å². The number of halogens is 6. The van der Waals surface area contributed by atoms with Crippen molar-refractivity contribution in [3.63, 3.8) is 0 Å². The Balaban J connectivity index is 3.52. The van der Waals surface area contributed by atoms with Gasteiger partial charge in [-0.3, -0.25) is 0 Å². The molecule has 17 heavy (non-hydrogen) atoms. The molecule has 1 aromatic heterocycles. The van der Waals surface area contributed by atoms with Crippen LogP contribution in [-0.4, -0.2) is 12.1 Å². The molecule has 0 fully saturated rings. The summed E-state index contributed by atoms with van der Waals surface area (Å²) < 4.78 is 67.5. The Morgan fingerprint density at radius 1 is 1.41 bits per heavy atom. The van der Waals surface area contributed by atoms with Gasteiger partial charge in [0, 0.05) is 6.07 Å². The number of aromatic nitrogens is 1. The molecular weight excluding hydrogens is 269 g/mol. The summed E-state index contributed by atoms with van der Waals surface area (Å²) in [5, 5.41) is 0. The van der Waals surface area contributed by atoms with Gasteiger partial charge < -0.3 is 4.74 Å².